The molecule has 0 bridgehead atoms. The Morgan fingerprint density at radius 3 is 3.14 bits per heavy atom. The van der Waals surface area contributed by atoms with Crippen molar-refractivity contribution in [3.8, 4) is 0 Å². The maximum absolute atomic E-state index is 12.8. The van der Waals surface area contributed by atoms with Gasteiger partial charge in [0.05, 0.1) is 6.54 Å². The van der Waals surface area contributed by atoms with Gasteiger partial charge in [0, 0.05) is 11.5 Å². The Kier molecular flexibility index (Phi) is 3.48. The van der Waals surface area contributed by atoms with E-state index in [4.69, 9.17) is 0 Å². The molecule has 0 unspecified atom stereocenters. The predicted octanol–water partition coefficient (Wildman–Crippen LogP) is 3.16. The minimum atomic E-state index is -0.163. The SMILES string of the molecule is Fc1cccc(CSC2=NCCS2)c1. The van der Waals surface area contributed by atoms with Gasteiger partial charge in [-0.25, -0.2) is 4.39 Å². The van der Waals surface area contributed by atoms with Crippen LogP contribution in [0.2, 0.25) is 0 Å². The molecule has 1 aromatic rings. The van der Waals surface area contributed by atoms with E-state index in [1.807, 2.05) is 6.07 Å². The van der Waals surface area contributed by atoms with Gasteiger partial charge in [-0.05, 0) is 17.7 Å². The van der Waals surface area contributed by atoms with Crippen molar-refractivity contribution in [3.63, 3.8) is 0 Å². The van der Waals surface area contributed by atoms with E-state index >= 15 is 0 Å². The van der Waals surface area contributed by atoms with E-state index in [0.29, 0.717) is 0 Å². The molecule has 0 saturated heterocycles. The maximum Gasteiger partial charge on any atom is 0.124 e. The van der Waals surface area contributed by atoms with Gasteiger partial charge in [-0.3, -0.25) is 4.99 Å². The zero-order valence-electron chi connectivity index (χ0n) is 7.57. The Morgan fingerprint density at radius 1 is 1.50 bits per heavy atom. The summed E-state index contributed by atoms with van der Waals surface area (Å²) in [6.07, 6.45) is 0. The minimum Gasteiger partial charge on any atom is -0.271 e. The van der Waals surface area contributed by atoms with Crippen molar-refractivity contribution in [2.45, 2.75) is 5.75 Å². The van der Waals surface area contributed by atoms with Gasteiger partial charge in [0.25, 0.3) is 0 Å². The van der Waals surface area contributed by atoms with Crippen molar-refractivity contribution < 1.29 is 4.39 Å². The van der Waals surface area contributed by atoms with Gasteiger partial charge in [0.15, 0.2) is 0 Å². The van der Waals surface area contributed by atoms with Gasteiger partial charge in [0.2, 0.25) is 0 Å². The zero-order valence-corrected chi connectivity index (χ0v) is 9.21. The first-order valence-electron chi connectivity index (χ1n) is 4.39. The molecule has 4 heteroatoms. The zero-order chi connectivity index (χ0) is 9.80. The molecule has 0 N–H and O–H groups in total. The number of halogens is 1. The number of rotatable bonds is 2. The molecular formula is C10H10FNS2. The van der Waals surface area contributed by atoms with Gasteiger partial charge in [-0.2, -0.15) is 0 Å². The summed E-state index contributed by atoms with van der Waals surface area (Å²) >= 11 is 3.48. The van der Waals surface area contributed by atoms with Crippen LogP contribution in [0.15, 0.2) is 29.3 Å². The first-order valence-corrected chi connectivity index (χ1v) is 6.36. The van der Waals surface area contributed by atoms with Crippen molar-refractivity contribution in [1.29, 1.82) is 0 Å². The number of aliphatic imine (C=N–C) groups is 1. The second kappa shape index (κ2) is 4.84. The van der Waals surface area contributed by atoms with Crippen molar-refractivity contribution in [1.82, 2.24) is 0 Å². The molecule has 2 rings (SSSR count). The normalized spacial score (nSPS) is 15.6. The third-order valence-electron chi connectivity index (χ3n) is 1.81. The molecule has 74 valence electrons. The van der Waals surface area contributed by atoms with E-state index in [2.05, 4.69) is 4.99 Å². The van der Waals surface area contributed by atoms with Crippen LogP contribution in [0, 0.1) is 5.82 Å². The van der Waals surface area contributed by atoms with Crippen LogP contribution in [0.1, 0.15) is 5.56 Å². The molecule has 1 nitrogen and oxygen atoms in total. The fourth-order valence-electron chi connectivity index (χ4n) is 1.17. The van der Waals surface area contributed by atoms with Crippen LogP contribution < -0.4 is 0 Å². The fraction of sp³-hybridized carbons (Fsp3) is 0.300. The summed E-state index contributed by atoms with van der Waals surface area (Å²) in [5.74, 6) is 1.74. The summed E-state index contributed by atoms with van der Waals surface area (Å²) in [7, 11) is 0. The lowest BCUT2D eigenvalue weighted by atomic mass is 10.2. The molecule has 0 amide bonds. The van der Waals surface area contributed by atoms with Crippen LogP contribution in [0.25, 0.3) is 0 Å². The van der Waals surface area contributed by atoms with Gasteiger partial charge in [0.1, 0.15) is 10.2 Å². The number of thioether (sulfide) groups is 2. The van der Waals surface area contributed by atoms with Crippen molar-refractivity contribution in [2.75, 3.05) is 12.3 Å². The summed E-state index contributed by atoms with van der Waals surface area (Å²) < 4.78 is 14.0. The third-order valence-corrected chi connectivity index (χ3v) is 4.13. The Bertz CT molecular complexity index is 352. The number of benzene rings is 1. The first kappa shape index (κ1) is 10.1. The molecule has 1 heterocycles. The monoisotopic (exact) mass is 227 g/mol. The highest BCUT2D eigenvalue weighted by Gasteiger charge is 2.07. The molecule has 0 fully saturated rings. The summed E-state index contributed by atoms with van der Waals surface area (Å²) in [6, 6.07) is 6.73. The fourth-order valence-corrected chi connectivity index (χ4v) is 3.13. The van der Waals surface area contributed by atoms with Gasteiger partial charge in [-0.15, -0.1) is 0 Å². The first-order chi connectivity index (χ1) is 6.84. The Hall–Kier alpha value is -0.480. The molecular weight excluding hydrogens is 217 g/mol. The predicted molar refractivity (Wildman–Crippen MR) is 62.5 cm³/mol. The number of hydrogen-bond donors (Lipinski definition) is 0. The maximum atomic E-state index is 12.8. The van der Waals surface area contributed by atoms with Crippen molar-refractivity contribution >= 4 is 27.9 Å². The van der Waals surface area contributed by atoms with Crippen LogP contribution in [0.4, 0.5) is 4.39 Å². The van der Waals surface area contributed by atoms with Crippen LogP contribution in [0.3, 0.4) is 0 Å². The molecule has 1 aliphatic rings. The lowest BCUT2D eigenvalue weighted by molar-refractivity contribution is 0.626. The van der Waals surface area contributed by atoms with Crippen molar-refractivity contribution in [3.05, 3.63) is 35.6 Å². The summed E-state index contributed by atoms with van der Waals surface area (Å²) in [4.78, 5) is 4.32. The summed E-state index contributed by atoms with van der Waals surface area (Å²) in [6.45, 7) is 0.927. The molecule has 1 aliphatic heterocycles. The molecule has 0 radical (unpaired) electrons. The molecule has 14 heavy (non-hydrogen) atoms. The lowest BCUT2D eigenvalue weighted by Crippen LogP contribution is -1.85. The van der Waals surface area contributed by atoms with Gasteiger partial charge >= 0.3 is 0 Å². The Morgan fingerprint density at radius 2 is 2.43 bits per heavy atom. The topological polar surface area (TPSA) is 12.4 Å². The van der Waals surface area contributed by atoms with E-state index in [-0.39, 0.29) is 5.82 Å². The highest BCUT2D eigenvalue weighted by Crippen LogP contribution is 2.25. The average molecular weight is 227 g/mol. The number of nitrogens with zero attached hydrogens (tertiary/aromatic N) is 1. The third kappa shape index (κ3) is 2.75. The minimum absolute atomic E-state index is 0.163. The largest absolute Gasteiger partial charge is 0.271 e. The molecule has 0 aliphatic carbocycles. The Labute approximate surface area is 91.2 Å². The second-order valence-corrected chi connectivity index (χ2v) is 5.22. The van der Waals surface area contributed by atoms with Crippen LogP contribution in [0.5, 0.6) is 0 Å². The molecule has 0 aromatic heterocycles. The molecule has 0 atom stereocenters. The summed E-state index contributed by atoms with van der Waals surface area (Å²) in [5, 5.41) is 0. The van der Waals surface area contributed by atoms with E-state index in [1.165, 1.54) is 6.07 Å². The van der Waals surface area contributed by atoms with E-state index in [0.717, 1.165) is 28.0 Å². The van der Waals surface area contributed by atoms with Crippen LogP contribution in [-0.4, -0.2) is 16.7 Å². The average Bonchev–Trinajstić information content (AvgIpc) is 2.67. The second-order valence-electron chi connectivity index (χ2n) is 2.91. The van der Waals surface area contributed by atoms with Gasteiger partial charge in [-0.1, -0.05) is 35.7 Å². The van der Waals surface area contributed by atoms with E-state index in [1.54, 1.807) is 35.7 Å². The van der Waals surface area contributed by atoms with Crippen molar-refractivity contribution in [2.24, 2.45) is 4.99 Å². The van der Waals surface area contributed by atoms with E-state index in [9.17, 15) is 4.39 Å². The van der Waals surface area contributed by atoms with Crippen LogP contribution >= 0.6 is 23.5 Å². The quantitative estimate of drug-likeness (QED) is 0.769. The standard InChI is InChI=1S/C10H10FNS2/c11-9-3-1-2-8(6-9)7-14-10-12-4-5-13-10/h1-3,6H,4-5,7H2. The lowest BCUT2D eigenvalue weighted by Gasteiger charge is -2.00. The molecule has 0 saturated carbocycles. The highest BCUT2D eigenvalue weighted by atomic mass is 32.2. The Balaban J connectivity index is 1.91. The number of hydrogen-bond acceptors (Lipinski definition) is 3. The van der Waals surface area contributed by atoms with Gasteiger partial charge < -0.3 is 0 Å². The van der Waals surface area contributed by atoms with E-state index < -0.39 is 0 Å². The molecule has 0 spiro atoms. The molecule has 1 aromatic carbocycles. The highest BCUT2D eigenvalue weighted by molar-refractivity contribution is 8.38. The summed E-state index contributed by atoms with van der Waals surface area (Å²) in [5.41, 5.74) is 1.02. The van der Waals surface area contributed by atoms with Crippen LogP contribution in [-0.2, 0) is 5.75 Å². The smallest absolute Gasteiger partial charge is 0.124 e.